The van der Waals surface area contributed by atoms with Gasteiger partial charge in [-0.05, 0) is 64.8 Å². The Bertz CT molecular complexity index is 1340. The lowest BCUT2D eigenvalue weighted by Crippen LogP contribution is -2.43. The van der Waals surface area contributed by atoms with Crippen molar-refractivity contribution in [3.05, 3.63) is 100 Å². The SMILES string of the molecule is O=C(O)c1cc(C2=CC3CCC(C2)N3C(=O)OCC2c3ccccc3-c3ccccc32)ccc1Cl. The van der Waals surface area contributed by atoms with Crippen molar-refractivity contribution in [3.63, 3.8) is 0 Å². The first-order valence-corrected chi connectivity index (χ1v) is 12.3. The van der Waals surface area contributed by atoms with Gasteiger partial charge in [0.2, 0.25) is 0 Å². The van der Waals surface area contributed by atoms with Crippen molar-refractivity contribution in [3.8, 4) is 11.1 Å². The number of carbonyl (C=O) groups excluding carboxylic acids is 1. The molecule has 2 bridgehead atoms. The Hall–Kier alpha value is -3.57. The zero-order valence-corrected chi connectivity index (χ0v) is 19.7. The maximum absolute atomic E-state index is 13.3. The van der Waals surface area contributed by atoms with Crippen LogP contribution in [0, 0.1) is 0 Å². The van der Waals surface area contributed by atoms with Crippen LogP contribution in [0.15, 0.2) is 72.8 Å². The minimum absolute atomic E-state index is 0.0309. The van der Waals surface area contributed by atoms with E-state index >= 15 is 0 Å². The van der Waals surface area contributed by atoms with E-state index in [2.05, 4.69) is 30.3 Å². The molecule has 0 spiro atoms. The average molecular weight is 486 g/mol. The number of carboxylic acid groups (broad SMARTS) is 1. The van der Waals surface area contributed by atoms with Gasteiger partial charge in [0.25, 0.3) is 0 Å². The van der Waals surface area contributed by atoms with Crippen LogP contribution < -0.4 is 0 Å². The molecule has 2 atom stereocenters. The quantitative estimate of drug-likeness (QED) is 0.451. The minimum atomic E-state index is -1.04. The van der Waals surface area contributed by atoms with Crippen LogP contribution in [0.5, 0.6) is 0 Å². The number of ether oxygens (including phenoxy) is 1. The summed E-state index contributed by atoms with van der Waals surface area (Å²) in [5, 5.41) is 9.64. The zero-order chi connectivity index (χ0) is 24.1. The first-order chi connectivity index (χ1) is 17.0. The van der Waals surface area contributed by atoms with Crippen molar-refractivity contribution in [2.75, 3.05) is 6.61 Å². The fourth-order valence-corrected chi connectivity index (χ4v) is 6.08. The number of nitrogens with zero attached hydrogens (tertiary/aromatic N) is 1. The predicted molar refractivity (Wildman–Crippen MR) is 135 cm³/mol. The van der Waals surface area contributed by atoms with Gasteiger partial charge < -0.3 is 9.84 Å². The molecule has 35 heavy (non-hydrogen) atoms. The summed E-state index contributed by atoms with van der Waals surface area (Å²) in [7, 11) is 0. The summed E-state index contributed by atoms with van der Waals surface area (Å²) in [6, 6.07) is 21.7. The van der Waals surface area contributed by atoms with Crippen molar-refractivity contribution in [2.24, 2.45) is 0 Å². The number of carbonyl (C=O) groups is 2. The number of aromatic carboxylic acids is 1. The number of fused-ring (bicyclic) bond motifs is 5. The van der Waals surface area contributed by atoms with Crippen LogP contribution in [0.3, 0.4) is 0 Å². The Morgan fingerprint density at radius 2 is 1.66 bits per heavy atom. The highest BCUT2D eigenvalue weighted by atomic mass is 35.5. The largest absolute Gasteiger partial charge is 0.478 e. The molecule has 1 saturated heterocycles. The molecule has 0 saturated carbocycles. The normalized spacial score (nSPS) is 20.3. The number of carboxylic acids is 1. The third-order valence-corrected chi connectivity index (χ3v) is 7.84. The fourth-order valence-electron chi connectivity index (χ4n) is 5.89. The Morgan fingerprint density at radius 3 is 2.31 bits per heavy atom. The Kier molecular flexibility index (Phi) is 5.37. The topological polar surface area (TPSA) is 66.8 Å². The van der Waals surface area contributed by atoms with Crippen LogP contribution in [-0.2, 0) is 4.74 Å². The summed E-state index contributed by atoms with van der Waals surface area (Å²) < 4.78 is 5.93. The third kappa shape index (κ3) is 3.71. The molecule has 2 heterocycles. The summed E-state index contributed by atoms with van der Waals surface area (Å²) in [5.41, 5.74) is 6.80. The minimum Gasteiger partial charge on any atom is -0.478 e. The molecular weight excluding hydrogens is 462 g/mol. The summed E-state index contributed by atoms with van der Waals surface area (Å²) in [5.74, 6) is -1.01. The van der Waals surface area contributed by atoms with Crippen molar-refractivity contribution in [1.82, 2.24) is 4.90 Å². The number of hydrogen-bond acceptors (Lipinski definition) is 3. The molecule has 2 aliphatic heterocycles. The molecule has 6 heteroatoms. The molecule has 1 N–H and O–H groups in total. The molecule has 3 aliphatic rings. The molecule has 1 fully saturated rings. The molecule has 6 rings (SSSR count). The molecule has 0 aromatic heterocycles. The molecule has 3 aromatic carbocycles. The number of hydrogen-bond donors (Lipinski definition) is 1. The van der Waals surface area contributed by atoms with Crippen LogP contribution in [0.25, 0.3) is 16.7 Å². The van der Waals surface area contributed by atoms with Gasteiger partial charge in [-0.3, -0.25) is 4.90 Å². The van der Waals surface area contributed by atoms with Crippen molar-refractivity contribution >= 4 is 29.2 Å². The molecule has 5 nitrogen and oxygen atoms in total. The van der Waals surface area contributed by atoms with E-state index in [4.69, 9.17) is 16.3 Å². The number of amides is 1. The lowest BCUT2D eigenvalue weighted by Gasteiger charge is -2.33. The molecule has 2 unspecified atom stereocenters. The molecule has 0 radical (unpaired) electrons. The van der Waals surface area contributed by atoms with Crippen LogP contribution in [0.2, 0.25) is 5.02 Å². The summed E-state index contributed by atoms with van der Waals surface area (Å²) in [6.07, 6.45) is 4.24. The standard InChI is InChI=1S/C29H24ClNO4/c30-27-12-9-17(15-25(27)28(32)33)18-13-19-10-11-20(14-18)31(19)29(34)35-16-26-23-7-3-1-5-21(23)22-6-2-4-8-24(22)26/h1-9,12-13,15,19-20,26H,10-11,14,16H2,(H,32,33). The molecule has 3 aromatic rings. The highest BCUT2D eigenvalue weighted by Crippen LogP contribution is 2.45. The van der Waals surface area contributed by atoms with E-state index in [1.807, 2.05) is 35.2 Å². The second-order valence-electron chi connectivity index (χ2n) is 9.41. The van der Waals surface area contributed by atoms with E-state index in [9.17, 15) is 14.7 Å². The smallest absolute Gasteiger partial charge is 0.410 e. The second-order valence-corrected chi connectivity index (χ2v) is 9.81. The average Bonchev–Trinajstić information content (AvgIpc) is 3.33. The maximum atomic E-state index is 13.3. The lowest BCUT2D eigenvalue weighted by molar-refractivity contribution is 0.0696. The van der Waals surface area contributed by atoms with Gasteiger partial charge in [-0.25, -0.2) is 9.59 Å². The van der Waals surface area contributed by atoms with E-state index in [0.29, 0.717) is 13.0 Å². The lowest BCUT2D eigenvalue weighted by atomic mass is 9.94. The van der Waals surface area contributed by atoms with Crippen LogP contribution in [-0.4, -0.2) is 40.8 Å². The maximum Gasteiger partial charge on any atom is 0.410 e. The van der Waals surface area contributed by atoms with Gasteiger partial charge in [-0.1, -0.05) is 72.3 Å². The highest BCUT2D eigenvalue weighted by molar-refractivity contribution is 6.33. The second kappa shape index (κ2) is 8.58. The third-order valence-electron chi connectivity index (χ3n) is 7.51. The van der Waals surface area contributed by atoms with Gasteiger partial charge in [0.15, 0.2) is 0 Å². The van der Waals surface area contributed by atoms with Crippen molar-refractivity contribution in [2.45, 2.75) is 37.3 Å². The Morgan fingerprint density at radius 1 is 0.971 bits per heavy atom. The van der Waals surface area contributed by atoms with Crippen LogP contribution >= 0.6 is 11.6 Å². The number of rotatable bonds is 4. The van der Waals surface area contributed by atoms with Gasteiger partial charge in [0.05, 0.1) is 16.6 Å². The van der Waals surface area contributed by atoms with E-state index in [1.165, 1.54) is 22.3 Å². The Balaban J connectivity index is 1.20. The fraction of sp³-hybridized carbons (Fsp3) is 0.241. The van der Waals surface area contributed by atoms with E-state index in [-0.39, 0.29) is 34.7 Å². The van der Waals surface area contributed by atoms with Crippen LogP contribution in [0.4, 0.5) is 4.79 Å². The first-order valence-electron chi connectivity index (χ1n) is 11.9. The summed E-state index contributed by atoms with van der Waals surface area (Å²) in [6.45, 7) is 0.304. The van der Waals surface area contributed by atoms with E-state index in [1.54, 1.807) is 12.1 Å². The van der Waals surface area contributed by atoms with Crippen molar-refractivity contribution in [1.29, 1.82) is 0 Å². The molecule has 1 amide bonds. The zero-order valence-electron chi connectivity index (χ0n) is 19.0. The molecular formula is C29H24ClNO4. The van der Waals surface area contributed by atoms with Gasteiger partial charge in [0.1, 0.15) is 6.61 Å². The Labute approximate surface area is 208 Å². The predicted octanol–water partition coefficient (Wildman–Crippen LogP) is 6.61. The summed E-state index contributed by atoms with van der Waals surface area (Å²) >= 11 is 6.05. The molecule has 1 aliphatic carbocycles. The van der Waals surface area contributed by atoms with Gasteiger partial charge in [0, 0.05) is 12.0 Å². The highest BCUT2D eigenvalue weighted by Gasteiger charge is 2.41. The first kappa shape index (κ1) is 21.9. The van der Waals surface area contributed by atoms with E-state index < -0.39 is 5.97 Å². The van der Waals surface area contributed by atoms with Gasteiger partial charge in [-0.2, -0.15) is 0 Å². The molecule has 176 valence electrons. The van der Waals surface area contributed by atoms with E-state index in [0.717, 1.165) is 24.0 Å². The summed E-state index contributed by atoms with van der Waals surface area (Å²) in [4.78, 5) is 26.6. The monoisotopic (exact) mass is 485 g/mol. The van der Waals surface area contributed by atoms with Crippen LogP contribution in [0.1, 0.15) is 52.2 Å². The van der Waals surface area contributed by atoms with Gasteiger partial charge >= 0.3 is 12.1 Å². The van der Waals surface area contributed by atoms with Crippen molar-refractivity contribution < 1.29 is 19.4 Å². The van der Waals surface area contributed by atoms with Gasteiger partial charge in [-0.15, -0.1) is 0 Å². The number of halogens is 1. The number of benzene rings is 3.